The van der Waals surface area contributed by atoms with Gasteiger partial charge in [0.2, 0.25) is 0 Å². The molecule has 1 unspecified atom stereocenters. The van der Waals surface area contributed by atoms with Crippen LogP contribution >= 0.6 is 0 Å². The fourth-order valence-electron chi connectivity index (χ4n) is 4.03. The summed E-state index contributed by atoms with van der Waals surface area (Å²) in [6.45, 7) is 0.172. The molecule has 1 aliphatic rings. The minimum Gasteiger partial charge on any atom is -0.386 e. The molecule has 27 heavy (non-hydrogen) atoms. The zero-order valence-corrected chi connectivity index (χ0v) is 14.5. The van der Waals surface area contributed by atoms with Gasteiger partial charge in [-0.1, -0.05) is 42.5 Å². The molecule has 0 saturated carbocycles. The molecule has 0 amide bonds. The van der Waals surface area contributed by atoms with E-state index in [0.29, 0.717) is 17.0 Å². The standard InChI is InChI=1S/C20H18FN5O/c21-13-8-16(18(27)15-7-3-5-12-4-1-2-6-14(12)15)26(9-13)20-17-19(23-10-22-17)24-11-25-20/h1-7,10-11,13,16,18,27H,8-9H2,(H,22,23,24,25)/t13-,16+,18?/m0/s1. The predicted molar refractivity (Wildman–Crippen MR) is 101 cm³/mol. The van der Waals surface area contributed by atoms with Crippen molar-refractivity contribution in [2.45, 2.75) is 24.7 Å². The summed E-state index contributed by atoms with van der Waals surface area (Å²) in [4.78, 5) is 17.5. The number of halogens is 1. The molecule has 7 heteroatoms. The molecule has 2 aromatic heterocycles. The summed E-state index contributed by atoms with van der Waals surface area (Å²) >= 11 is 0. The van der Waals surface area contributed by atoms with Gasteiger partial charge in [0.25, 0.3) is 0 Å². The molecule has 5 rings (SSSR count). The number of aliphatic hydroxyl groups is 1. The maximum atomic E-state index is 14.4. The third-order valence-corrected chi connectivity index (χ3v) is 5.27. The van der Waals surface area contributed by atoms with Crippen LogP contribution in [0.4, 0.5) is 10.2 Å². The van der Waals surface area contributed by atoms with Crippen LogP contribution in [0.5, 0.6) is 0 Å². The Morgan fingerprint density at radius 2 is 1.96 bits per heavy atom. The van der Waals surface area contributed by atoms with Crippen LogP contribution in [-0.4, -0.2) is 43.8 Å². The zero-order chi connectivity index (χ0) is 18.4. The van der Waals surface area contributed by atoms with Crippen LogP contribution in [0.25, 0.3) is 21.9 Å². The summed E-state index contributed by atoms with van der Waals surface area (Å²) in [5, 5.41) is 13.2. The van der Waals surface area contributed by atoms with E-state index in [1.165, 1.54) is 6.33 Å². The number of benzene rings is 2. The highest BCUT2D eigenvalue weighted by Gasteiger charge is 2.39. The lowest BCUT2D eigenvalue weighted by Gasteiger charge is -2.30. The second kappa shape index (κ2) is 6.28. The predicted octanol–water partition coefficient (Wildman–Crippen LogP) is 3.16. The number of aromatic nitrogens is 4. The summed E-state index contributed by atoms with van der Waals surface area (Å²) in [5.74, 6) is 0.547. The van der Waals surface area contributed by atoms with Crippen LogP contribution in [0.1, 0.15) is 18.1 Å². The highest BCUT2D eigenvalue weighted by molar-refractivity contribution is 5.86. The molecule has 0 aliphatic carbocycles. The summed E-state index contributed by atoms with van der Waals surface area (Å²) < 4.78 is 14.4. The lowest BCUT2D eigenvalue weighted by atomic mass is 9.95. The van der Waals surface area contributed by atoms with Crippen LogP contribution in [0, 0.1) is 0 Å². The Balaban J connectivity index is 1.59. The molecule has 2 N–H and O–H groups in total. The molecule has 3 heterocycles. The highest BCUT2D eigenvalue weighted by Crippen LogP contribution is 2.37. The van der Waals surface area contributed by atoms with Crippen molar-refractivity contribution in [3.05, 3.63) is 60.7 Å². The van der Waals surface area contributed by atoms with Gasteiger partial charge >= 0.3 is 0 Å². The van der Waals surface area contributed by atoms with Crippen molar-refractivity contribution >= 4 is 27.8 Å². The van der Waals surface area contributed by atoms with Crippen molar-refractivity contribution in [1.29, 1.82) is 0 Å². The van der Waals surface area contributed by atoms with Gasteiger partial charge in [0, 0.05) is 6.42 Å². The number of alkyl halides is 1. The van der Waals surface area contributed by atoms with Crippen LogP contribution < -0.4 is 4.90 Å². The van der Waals surface area contributed by atoms with E-state index < -0.39 is 18.3 Å². The number of H-pyrrole nitrogens is 1. The zero-order valence-electron chi connectivity index (χ0n) is 14.5. The summed E-state index contributed by atoms with van der Waals surface area (Å²) in [6.07, 6.45) is 1.33. The normalized spacial score (nSPS) is 21.2. The van der Waals surface area contributed by atoms with Crippen molar-refractivity contribution in [1.82, 2.24) is 19.9 Å². The first-order valence-corrected chi connectivity index (χ1v) is 8.93. The average Bonchev–Trinajstić information content (AvgIpc) is 3.33. The van der Waals surface area contributed by atoms with Crippen molar-refractivity contribution in [2.24, 2.45) is 0 Å². The van der Waals surface area contributed by atoms with Crippen molar-refractivity contribution in [2.75, 3.05) is 11.4 Å². The molecule has 1 fully saturated rings. The average molecular weight is 363 g/mol. The Bertz CT molecular complexity index is 1110. The number of fused-ring (bicyclic) bond motifs is 2. The first-order valence-electron chi connectivity index (χ1n) is 8.93. The third-order valence-electron chi connectivity index (χ3n) is 5.27. The van der Waals surface area contributed by atoms with E-state index in [9.17, 15) is 9.50 Å². The van der Waals surface area contributed by atoms with Gasteiger partial charge in [-0.25, -0.2) is 19.3 Å². The van der Waals surface area contributed by atoms with E-state index in [1.54, 1.807) is 6.33 Å². The Labute approximate surface area is 154 Å². The molecule has 1 aliphatic heterocycles. The minimum absolute atomic E-state index is 0.172. The maximum Gasteiger partial charge on any atom is 0.162 e. The number of aliphatic hydroxyl groups excluding tert-OH is 1. The van der Waals surface area contributed by atoms with Gasteiger partial charge in [-0.05, 0) is 16.3 Å². The SMILES string of the molecule is OC(c1cccc2ccccc12)[C@H]1C[C@H](F)CN1c1ncnc2[nH]cnc12. The van der Waals surface area contributed by atoms with Crippen molar-refractivity contribution in [3.63, 3.8) is 0 Å². The summed E-state index contributed by atoms with van der Waals surface area (Å²) in [7, 11) is 0. The Kier molecular flexibility index (Phi) is 3.75. The van der Waals surface area contributed by atoms with Gasteiger partial charge in [-0.15, -0.1) is 0 Å². The van der Waals surface area contributed by atoms with E-state index in [2.05, 4.69) is 19.9 Å². The quantitative estimate of drug-likeness (QED) is 0.585. The smallest absolute Gasteiger partial charge is 0.162 e. The number of hydrogen-bond acceptors (Lipinski definition) is 5. The third kappa shape index (κ3) is 2.62. The Hall–Kier alpha value is -3.06. The number of hydrogen-bond donors (Lipinski definition) is 2. The Morgan fingerprint density at radius 3 is 2.89 bits per heavy atom. The lowest BCUT2D eigenvalue weighted by molar-refractivity contribution is 0.144. The number of nitrogens with one attached hydrogen (secondary N) is 1. The molecule has 1 saturated heterocycles. The van der Waals surface area contributed by atoms with E-state index >= 15 is 0 Å². The van der Waals surface area contributed by atoms with Gasteiger partial charge in [0.1, 0.15) is 24.1 Å². The second-order valence-corrected chi connectivity index (χ2v) is 6.86. The first-order chi connectivity index (χ1) is 13.2. The molecule has 6 nitrogen and oxygen atoms in total. The summed E-state index contributed by atoms with van der Waals surface area (Å²) in [6, 6.07) is 13.3. The first kappa shape index (κ1) is 16.1. The Morgan fingerprint density at radius 1 is 1.11 bits per heavy atom. The largest absolute Gasteiger partial charge is 0.386 e. The van der Waals surface area contributed by atoms with Gasteiger partial charge < -0.3 is 15.0 Å². The van der Waals surface area contributed by atoms with Gasteiger partial charge in [0.05, 0.1) is 18.9 Å². The number of nitrogens with zero attached hydrogens (tertiary/aromatic N) is 4. The number of aromatic amines is 1. The maximum absolute atomic E-state index is 14.4. The molecule has 3 atom stereocenters. The van der Waals surface area contributed by atoms with E-state index in [0.717, 1.165) is 16.3 Å². The van der Waals surface area contributed by atoms with E-state index in [4.69, 9.17) is 0 Å². The van der Waals surface area contributed by atoms with Crippen LogP contribution in [0.3, 0.4) is 0 Å². The summed E-state index contributed by atoms with van der Waals surface area (Å²) in [5.41, 5.74) is 1.98. The highest BCUT2D eigenvalue weighted by atomic mass is 19.1. The molecular formula is C20H18FN5O. The number of imidazole rings is 1. The second-order valence-electron chi connectivity index (χ2n) is 6.86. The number of rotatable bonds is 3. The molecule has 136 valence electrons. The van der Waals surface area contributed by atoms with E-state index in [1.807, 2.05) is 47.4 Å². The van der Waals surface area contributed by atoms with Crippen LogP contribution in [0.2, 0.25) is 0 Å². The fourth-order valence-corrected chi connectivity index (χ4v) is 4.03. The monoisotopic (exact) mass is 363 g/mol. The molecule has 2 aromatic carbocycles. The van der Waals surface area contributed by atoms with Gasteiger partial charge in [-0.2, -0.15) is 0 Å². The van der Waals surface area contributed by atoms with Gasteiger partial charge in [0.15, 0.2) is 11.5 Å². The van der Waals surface area contributed by atoms with Crippen LogP contribution in [-0.2, 0) is 0 Å². The van der Waals surface area contributed by atoms with Crippen molar-refractivity contribution in [3.8, 4) is 0 Å². The lowest BCUT2D eigenvalue weighted by Crippen LogP contribution is -2.35. The fraction of sp³-hybridized carbons (Fsp3) is 0.250. The molecule has 0 bridgehead atoms. The molecule has 4 aromatic rings. The number of anilines is 1. The topological polar surface area (TPSA) is 77.9 Å². The van der Waals surface area contributed by atoms with Crippen LogP contribution in [0.15, 0.2) is 55.1 Å². The van der Waals surface area contributed by atoms with Gasteiger partial charge in [-0.3, -0.25) is 0 Å². The molecule has 0 spiro atoms. The van der Waals surface area contributed by atoms with Crippen molar-refractivity contribution < 1.29 is 9.50 Å². The molecular weight excluding hydrogens is 345 g/mol. The molecule has 0 radical (unpaired) electrons. The van der Waals surface area contributed by atoms with E-state index in [-0.39, 0.29) is 13.0 Å². The minimum atomic E-state index is -1.04.